The van der Waals surface area contributed by atoms with Gasteiger partial charge in [0.1, 0.15) is 5.69 Å². The summed E-state index contributed by atoms with van der Waals surface area (Å²) in [7, 11) is 0. The second kappa shape index (κ2) is 5.37. The highest BCUT2D eigenvalue weighted by Crippen LogP contribution is 2.23. The smallest absolute Gasteiger partial charge is 0.227 e. The van der Waals surface area contributed by atoms with E-state index in [2.05, 4.69) is 11.6 Å². The second-order valence-corrected chi connectivity index (χ2v) is 3.61. The minimum absolute atomic E-state index is 0.588. The van der Waals surface area contributed by atoms with Crippen LogP contribution in [0.15, 0.2) is 47.4 Å². The Labute approximate surface area is 105 Å². The van der Waals surface area contributed by atoms with E-state index in [0.29, 0.717) is 11.7 Å². The molecular weight excluding hydrogens is 230 g/mol. The monoisotopic (exact) mass is 241 g/mol. The highest BCUT2D eigenvalue weighted by atomic mass is 32.1. The van der Waals surface area contributed by atoms with Gasteiger partial charge in [-0.15, -0.1) is 0 Å². The van der Waals surface area contributed by atoms with E-state index in [0.717, 1.165) is 11.3 Å². The molecule has 3 heteroatoms. The Balaban J connectivity index is 2.44. The Morgan fingerprint density at radius 3 is 2.65 bits per heavy atom. The fourth-order valence-electron chi connectivity index (χ4n) is 1.44. The highest BCUT2D eigenvalue weighted by molar-refractivity contribution is 7.79. The molecule has 84 valence electrons. The first-order chi connectivity index (χ1) is 8.35. The van der Waals surface area contributed by atoms with Gasteiger partial charge in [-0.25, -0.2) is 4.98 Å². The zero-order valence-corrected chi connectivity index (χ0v) is 9.98. The van der Waals surface area contributed by atoms with Crippen molar-refractivity contribution in [1.29, 1.82) is 0 Å². The number of thiocarbonyl (C=S) groups is 1. The number of hydrogen-bond acceptors (Lipinski definition) is 3. The van der Waals surface area contributed by atoms with Crippen molar-refractivity contribution in [2.45, 2.75) is 0 Å². The van der Waals surface area contributed by atoms with Crippen LogP contribution in [0.3, 0.4) is 0 Å². The first-order valence-corrected chi connectivity index (χ1v) is 5.63. The minimum atomic E-state index is 0.588. The molecule has 17 heavy (non-hydrogen) atoms. The number of nitrogens with zero attached hydrogens (tertiary/aromatic N) is 1. The van der Waals surface area contributed by atoms with Crippen molar-refractivity contribution in [1.82, 2.24) is 4.98 Å². The van der Waals surface area contributed by atoms with E-state index >= 15 is 0 Å². The zero-order valence-electron chi connectivity index (χ0n) is 9.17. The SMILES string of the molecule is C=Cc1nc(-c2ccccc2)oc1/C=C\C=S. The third kappa shape index (κ3) is 2.57. The fourth-order valence-corrected chi connectivity index (χ4v) is 1.52. The molecule has 1 heterocycles. The summed E-state index contributed by atoms with van der Waals surface area (Å²) < 4.78 is 5.66. The van der Waals surface area contributed by atoms with Crippen LogP contribution in [0.1, 0.15) is 11.5 Å². The summed E-state index contributed by atoms with van der Waals surface area (Å²) in [6, 6.07) is 9.74. The van der Waals surface area contributed by atoms with E-state index < -0.39 is 0 Å². The summed E-state index contributed by atoms with van der Waals surface area (Å²) in [6.45, 7) is 3.71. The highest BCUT2D eigenvalue weighted by Gasteiger charge is 2.09. The molecule has 0 aliphatic rings. The molecule has 0 atom stereocenters. The van der Waals surface area contributed by atoms with E-state index in [1.165, 1.54) is 5.37 Å². The average molecular weight is 241 g/mol. The molecule has 0 aliphatic heterocycles. The maximum absolute atomic E-state index is 5.66. The summed E-state index contributed by atoms with van der Waals surface area (Å²) in [5.41, 5.74) is 1.66. The molecule has 0 amide bonds. The van der Waals surface area contributed by atoms with Gasteiger partial charge in [0, 0.05) is 10.9 Å². The molecule has 0 aliphatic carbocycles. The summed E-state index contributed by atoms with van der Waals surface area (Å²) >= 11 is 4.73. The first-order valence-electron chi connectivity index (χ1n) is 5.15. The number of aromatic nitrogens is 1. The van der Waals surface area contributed by atoms with E-state index in [1.54, 1.807) is 18.2 Å². The van der Waals surface area contributed by atoms with Crippen LogP contribution in [0.4, 0.5) is 0 Å². The molecule has 0 N–H and O–H groups in total. The van der Waals surface area contributed by atoms with Gasteiger partial charge in [-0.3, -0.25) is 0 Å². The summed E-state index contributed by atoms with van der Waals surface area (Å²) in [4.78, 5) is 4.37. The topological polar surface area (TPSA) is 26.0 Å². The van der Waals surface area contributed by atoms with Gasteiger partial charge in [-0.05, 0) is 30.4 Å². The van der Waals surface area contributed by atoms with Crippen LogP contribution in [0, 0.1) is 0 Å². The molecular formula is C14H11NOS. The molecule has 0 unspecified atom stereocenters. The van der Waals surface area contributed by atoms with Crippen molar-refractivity contribution in [3.05, 3.63) is 54.4 Å². The minimum Gasteiger partial charge on any atom is -0.436 e. The molecule has 2 aromatic rings. The Morgan fingerprint density at radius 1 is 1.24 bits per heavy atom. The van der Waals surface area contributed by atoms with Crippen molar-refractivity contribution in [2.75, 3.05) is 0 Å². The standard InChI is InChI=1S/C14H11NOS/c1-2-12-13(9-6-10-17)16-14(15-12)11-7-4-3-5-8-11/h2-10H,1H2/b9-6-. The van der Waals surface area contributed by atoms with Gasteiger partial charge in [0.05, 0.1) is 0 Å². The van der Waals surface area contributed by atoms with Gasteiger partial charge >= 0.3 is 0 Å². The fraction of sp³-hybridized carbons (Fsp3) is 0. The van der Waals surface area contributed by atoms with Crippen LogP contribution in [0.5, 0.6) is 0 Å². The first kappa shape index (κ1) is 11.5. The van der Waals surface area contributed by atoms with E-state index in [1.807, 2.05) is 30.3 Å². The van der Waals surface area contributed by atoms with Crippen LogP contribution in [-0.4, -0.2) is 10.4 Å². The Bertz CT molecular complexity index is 555. The van der Waals surface area contributed by atoms with E-state index in [-0.39, 0.29) is 0 Å². The number of oxazole rings is 1. The van der Waals surface area contributed by atoms with Crippen LogP contribution in [0.2, 0.25) is 0 Å². The molecule has 0 fully saturated rings. The lowest BCUT2D eigenvalue weighted by Crippen LogP contribution is -1.76. The third-order valence-electron chi connectivity index (χ3n) is 2.22. The predicted octanol–water partition coefficient (Wildman–Crippen LogP) is 4.00. The molecule has 0 bridgehead atoms. The van der Waals surface area contributed by atoms with E-state index in [4.69, 9.17) is 16.6 Å². The molecule has 0 saturated heterocycles. The molecule has 0 spiro atoms. The molecule has 1 aromatic heterocycles. The normalized spacial score (nSPS) is 10.6. The Kier molecular flexibility index (Phi) is 3.62. The average Bonchev–Trinajstić information content (AvgIpc) is 2.80. The maximum Gasteiger partial charge on any atom is 0.227 e. The van der Waals surface area contributed by atoms with Crippen molar-refractivity contribution < 1.29 is 4.42 Å². The summed E-state index contributed by atoms with van der Waals surface area (Å²) in [5.74, 6) is 1.25. The molecule has 1 aromatic carbocycles. The van der Waals surface area contributed by atoms with Crippen molar-refractivity contribution in [3.63, 3.8) is 0 Å². The number of benzene rings is 1. The van der Waals surface area contributed by atoms with Crippen LogP contribution in [-0.2, 0) is 0 Å². The van der Waals surface area contributed by atoms with Crippen LogP contribution >= 0.6 is 12.2 Å². The van der Waals surface area contributed by atoms with Gasteiger partial charge in [0.2, 0.25) is 5.89 Å². The van der Waals surface area contributed by atoms with Gasteiger partial charge in [0.15, 0.2) is 5.76 Å². The molecule has 2 rings (SSSR count). The second-order valence-electron chi connectivity index (χ2n) is 3.33. The Morgan fingerprint density at radius 2 is 2.00 bits per heavy atom. The van der Waals surface area contributed by atoms with E-state index in [9.17, 15) is 0 Å². The van der Waals surface area contributed by atoms with Crippen molar-refractivity contribution in [3.8, 4) is 11.5 Å². The predicted molar refractivity (Wildman–Crippen MR) is 74.7 cm³/mol. The van der Waals surface area contributed by atoms with Gasteiger partial charge < -0.3 is 4.42 Å². The van der Waals surface area contributed by atoms with Crippen molar-refractivity contribution in [2.24, 2.45) is 0 Å². The molecule has 0 radical (unpaired) electrons. The van der Waals surface area contributed by atoms with Gasteiger partial charge in [-0.1, -0.05) is 37.0 Å². The zero-order chi connectivity index (χ0) is 12.1. The quantitative estimate of drug-likeness (QED) is 0.598. The maximum atomic E-state index is 5.66. The Hall–Kier alpha value is -2.00. The number of rotatable bonds is 4. The molecule has 0 saturated carbocycles. The van der Waals surface area contributed by atoms with Crippen LogP contribution < -0.4 is 0 Å². The summed E-state index contributed by atoms with van der Waals surface area (Å²) in [5, 5.41) is 1.53. The summed E-state index contributed by atoms with van der Waals surface area (Å²) in [6.07, 6.45) is 5.18. The number of allylic oxidation sites excluding steroid dienone is 1. The lowest BCUT2D eigenvalue weighted by Gasteiger charge is -1.92. The number of hydrogen-bond donors (Lipinski definition) is 0. The van der Waals surface area contributed by atoms with Gasteiger partial charge in [0.25, 0.3) is 0 Å². The lowest BCUT2D eigenvalue weighted by atomic mass is 10.2. The molecule has 2 nitrogen and oxygen atoms in total. The third-order valence-corrected chi connectivity index (χ3v) is 2.38. The van der Waals surface area contributed by atoms with Crippen LogP contribution in [0.25, 0.3) is 23.6 Å². The van der Waals surface area contributed by atoms with Crippen molar-refractivity contribution >= 4 is 29.7 Å². The lowest BCUT2D eigenvalue weighted by molar-refractivity contribution is 0.564. The largest absolute Gasteiger partial charge is 0.436 e. The van der Waals surface area contributed by atoms with Gasteiger partial charge in [-0.2, -0.15) is 0 Å².